The van der Waals surface area contributed by atoms with Crippen molar-refractivity contribution in [1.29, 1.82) is 0 Å². The molecule has 6 nitrogen and oxygen atoms in total. The highest BCUT2D eigenvalue weighted by molar-refractivity contribution is 5.73. The van der Waals surface area contributed by atoms with Crippen molar-refractivity contribution in [1.82, 2.24) is 14.9 Å². The maximum Gasteiger partial charge on any atom is 0.222 e. The van der Waals surface area contributed by atoms with Gasteiger partial charge >= 0.3 is 0 Å². The summed E-state index contributed by atoms with van der Waals surface area (Å²) in [5.41, 5.74) is 5.43. The van der Waals surface area contributed by atoms with Crippen LogP contribution in [0.4, 0.5) is 16.2 Å². The lowest BCUT2D eigenvalue weighted by Gasteiger charge is -2.34. The fourth-order valence-electron chi connectivity index (χ4n) is 1.83. The highest BCUT2D eigenvalue weighted by atomic mass is 19.1. The number of nitrogens with two attached hydrogens (primary N) is 1. The standard InChI is InChI=1S/C10H14FN5O/c1-7(17)15-2-4-16(5-3-15)9-8(11)6-13-10(12)14-9/h6H,2-5H2,1H3,(H2,12,13,14). The number of halogens is 1. The molecule has 0 saturated carbocycles. The van der Waals surface area contributed by atoms with E-state index in [9.17, 15) is 9.18 Å². The topological polar surface area (TPSA) is 75.4 Å². The van der Waals surface area contributed by atoms with Gasteiger partial charge in [-0.2, -0.15) is 4.98 Å². The normalized spacial score (nSPS) is 16.1. The summed E-state index contributed by atoms with van der Waals surface area (Å²) in [5, 5.41) is 0. The number of piperazine rings is 1. The van der Waals surface area contributed by atoms with Gasteiger partial charge in [0.25, 0.3) is 0 Å². The van der Waals surface area contributed by atoms with Gasteiger partial charge in [-0.15, -0.1) is 0 Å². The molecule has 0 aliphatic carbocycles. The molecule has 0 aromatic carbocycles. The molecular weight excluding hydrogens is 225 g/mol. The molecule has 1 aromatic rings. The van der Waals surface area contributed by atoms with Gasteiger partial charge in [0.15, 0.2) is 11.6 Å². The first-order chi connectivity index (χ1) is 8.08. The molecular formula is C10H14FN5O. The molecule has 7 heteroatoms. The predicted octanol–water partition coefficient (Wildman–Crippen LogP) is -0.134. The van der Waals surface area contributed by atoms with Gasteiger partial charge in [-0.3, -0.25) is 4.79 Å². The Labute approximate surface area is 98.2 Å². The Morgan fingerprint density at radius 1 is 1.41 bits per heavy atom. The molecule has 1 fully saturated rings. The van der Waals surface area contributed by atoms with Crippen LogP contribution in [0.15, 0.2) is 6.20 Å². The lowest BCUT2D eigenvalue weighted by atomic mass is 10.3. The van der Waals surface area contributed by atoms with Crippen LogP contribution in [-0.2, 0) is 4.79 Å². The van der Waals surface area contributed by atoms with Crippen LogP contribution in [0.5, 0.6) is 0 Å². The first-order valence-electron chi connectivity index (χ1n) is 5.36. The van der Waals surface area contributed by atoms with E-state index < -0.39 is 5.82 Å². The van der Waals surface area contributed by atoms with E-state index in [1.54, 1.807) is 9.80 Å². The van der Waals surface area contributed by atoms with E-state index in [1.165, 1.54) is 6.92 Å². The number of hydrogen-bond acceptors (Lipinski definition) is 5. The SMILES string of the molecule is CC(=O)N1CCN(c2nc(N)ncc2F)CC1. The van der Waals surface area contributed by atoms with Gasteiger partial charge in [0, 0.05) is 33.1 Å². The Bertz CT molecular complexity index is 431. The second-order valence-corrected chi connectivity index (χ2v) is 3.89. The van der Waals surface area contributed by atoms with E-state index in [1.807, 2.05) is 0 Å². The fourth-order valence-corrected chi connectivity index (χ4v) is 1.83. The van der Waals surface area contributed by atoms with Gasteiger partial charge in [-0.05, 0) is 0 Å². The van der Waals surface area contributed by atoms with Crippen LogP contribution in [0.25, 0.3) is 0 Å². The third kappa shape index (κ3) is 2.43. The molecule has 1 aromatic heterocycles. The zero-order valence-corrected chi connectivity index (χ0v) is 9.56. The number of nitrogen functional groups attached to an aromatic ring is 1. The van der Waals surface area contributed by atoms with Gasteiger partial charge in [0.2, 0.25) is 11.9 Å². The largest absolute Gasteiger partial charge is 0.368 e. The number of anilines is 2. The maximum atomic E-state index is 13.5. The molecule has 92 valence electrons. The zero-order chi connectivity index (χ0) is 12.4. The lowest BCUT2D eigenvalue weighted by Crippen LogP contribution is -2.48. The minimum Gasteiger partial charge on any atom is -0.368 e. The molecule has 1 aliphatic rings. The van der Waals surface area contributed by atoms with E-state index >= 15 is 0 Å². The number of carbonyl (C=O) groups is 1. The summed E-state index contributed by atoms with van der Waals surface area (Å²) >= 11 is 0. The summed E-state index contributed by atoms with van der Waals surface area (Å²) in [5.74, 6) is -0.195. The Kier molecular flexibility index (Phi) is 3.08. The van der Waals surface area contributed by atoms with Crippen molar-refractivity contribution in [2.45, 2.75) is 6.92 Å². The maximum absolute atomic E-state index is 13.5. The Hall–Kier alpha value is -1.92. The number of amides is 1. The van der Waals surface area contributed by atoms with Crippen LogP contribution >= 0.6 is 0 Å². The van der Waals surface area contributed by atoms with Gasteiger partial charge in [0.1, 0.15) is 0 Å². The molecule has 2 heterocycles. The molecule has 1 amide bonds. The van der Waals surface area contributed by atoms with Crippen LogP contribution in [-0.4, -0.2) is 47.0 Å². The van der Waals surface area contributed by atoms with Crippen LogP contribution in [0.2, 0.25) is 0 Å². The van der Waals surface area contributed by atoms with Gasteiger partial charge in [0.05, 0.1) is 6.20 Å². The molecule has 0 bridgehead atoms. The van der Waals surface area contributed by atoms with Crippen molar-refractivity contribution in [2.75, 3.05) is 36.8 Å². The first kappa shape index (κ1) is 11.6. The smallest absolute Gasteiger partial charge is 0.222 e. The number of hydrogen-bond donors (Lipinski definition) is 1. The summed E-state index contributed by atoms with van der Waals surface area (Å²) in [4.78, 5) is 22.1. The lowest BCUT2D eigenvalue weighted by molar-refractivity contribution is -0.129. The van der Waals surface area contributed by atoms with Crippen molar-refractivity contribution in [3.05, 3.63) is 12.0 Å². The molecule has 0 atom stereocenters. The summed E-state index contributed by atoms with van der Waals surface area (Å²) < 4.78 is 13.5. The molecule has 17 heavy (non-hydrogen) atoms. The second-order valence-electron chi connectivity index (χ2n) is 3.89. The summed E-state index contributed by atoms with van der Waals surface area (Å²) in [6.45, 7) is 3.76. The fraction of sp³-hybridized carbons (Fsp3) is 0.500. The molecule has 2 rings (SSSR count). The average Bonchev–Trinajstić information content (AvgIpc) is 2.32. The Morgan fingerprint density at radius 2 is 2.06 bits per heavy atom. The van der Waals surface area contributed by atoms with Gasteiger partial charge < -0.3 is 15.5 Å². The molecule has 1 aliphatic heterocycles. The predicted molar refractivity (Wildman–Crippen MR) is 60.9 cm³/mol. The first-order valence-corrected chi connectivity index (χ1v) is 5.36. The van der Waals surface area contributed by atoms with Crippen molar-refractivity contribution >= 4 is 17.7 Å². The van der Waals surface area contributed by atoms with E-state index in [2.05, 4.69) is 9.97 Å². The number of carbonyl (C=O) groups excluding carboxylic acids is 1. The molecule has 2 N–H and O–H groups in total. The van der Waals surface area contributed by atoms with Crippen molar-refractivity contribution in [3.8, 4) is 0 Å². The van der Waals surface area contributed by atoms with Gasteiger partial charge in [-0.25, -0.2) is 9.37 Å². The minimum absolute atomic E-state index is 0.0346. The third-order valence-corrected chi connectivity index (χ3v) is 2.77. The molecule has 0 unspecified atom stereocenters. The highest BCUT2D eigenvalue weighted by Crippen LogP contribution is 2.18. The van der Waals surface area contributed by atoms with Crippen LogP contribution in [0, 0.1) is 5.82 Å². The number of nitrogens with zero attached hydrogens (tertiary/aromatic N) is 4. The number of rotatable bonds is 1. The summed E-state index contributed by atoms with van der Waals surface area (Å²) in [7, 11) is 0. The van der Waals surface area contributed by atoms with Crippen LogP contribution < -0.4 is 10.6 Å². The van der Waals surface area contributed by atoms with E-state index in [4.69, 9.17) is 5.73 Å². The van der Waals surface area contributed by atoms with Crippen molar-refractivity contribution in [3.63, 3.8) is 0 Å². The number of aromatic nitrogens is 2. The summed E-state index contributed by atoms with van der Waals surface area (Å²) in [6, 6.07) is 0. The van der Waals surface area contributed by atoms with Crippen LogP contribution in [0.1, 0.15) is 6.92 Å². The quantitative estimate of drug-likeness (QED) is 0.738. The van der Waals surface area contributed by atoms with Gasteiger partial charge in [-0.1, -0.05) is 0 Å². The van der Waals surface area contributed by atoms with E-state index in [-0.39, 0.29) is 17.7 Å². The van der Waals surface area contributed by atoms with E-state index in [0.29, 0.717) is 26.2 Å². The average molecular weight is 239 g/mol. The van der Waals surface area contributed by atoms with E-state index in [0.717, 1.165) is 6.20 Å². The highest BCUT2D eigenvalue weighted by Gasteiger charge is 2.22. The van der Waals surface area contributed by atoms with Crippen LogP contribution in [0.3, 0.4) is 0 Å². The third-order valence-electron chi connectivity index (χ3n) is 2.77. The Balaban J connectivity index is 2.10. The molecule has 0 radical (unpaired) electrons. The minimum atomic E-state index is -0.490. The molecule has 1 saturated heterocycles. The monoisotopic (exact) mass is 239 g/mol. The summed E-state index contributed by atoms with van der Waals surface area (Å²) in [6.07, 6.45) is 1.06. The van der Waals surface area contributed by atoms with Crippen molar-refractivity contribution < 1.29 is 9.18 Å². The van der Waals surface area contributed by atoms with Crippen molar-refractivity contribution in [2.24, 2.45) is 0 Å². The Morgan fingerprint density at radius 3 is 2.65 bits per heavy atom. The zero-order valence-electron chi connectivity index (χ0n) is 9.56. The molecule has 0 spiro atoms. The second kappa shape index (κ2) is 4.52.